The van der Waals surface area contributed by atoms with Crippen molar-refractivity contribution in [2.24, 2.45) is 0 Å². The Kier molecular flexibility index (Phi) is 3.06. The van der Waals surface area contributed by atoms with Crippen molar-refractivity contribution in [1.82, 2.24) is 0 Å². The molecule has 2 aromatic rings. The molecule has 0 aliphatic rings. The minimum atomic E-state index is 0.302. The molecule has 0 amide bonds. The summed E-state index contributed by atoms with van der Waals surface area (Å²) in [5.41, 5.74) is 3.40. The Bertz CT molecular complexity index is 486. The first-order valence-corrected chi connectivity index (χ1v) is 5.28. The lowest BCUT2D eigenvalue weighted by atomic mass is 9.99. The molecule has 0 spiro atoms. The van der Waals surface area contributed by atoms with Crippen molar-refractivity contribution < 1.29 is 5.11 Å². The number of aromatic hydroxyl groups is 1. The zero-order chi connectivity index (χ0) is 11.4. The van der Waals surface area contributed by atoms with Gasteiger partial charge in [-0.3, -0.25) is 0 Å². The number of phenols is 1. The maximum absolute atomic E-state index is 9.48. The summed E-state index contributed by atoms with van der Waals surface area (Å²) in [6.07, 6.45) is 2.63. The number of rotatable bonds is 3. The van der Waals surface area contributed by atoms with Crippen molar-refractivity contribution in [2.75, 3.05) is 0 Å². The van der Waals surface area contributed by atoms with E-state index < -0.39 is 0 Å². The summed E-state index contributed by atoms with van der Waals surface area (Å²) in [6.45, 7) is 3.78. The second-order valence-electron chi connectivity index (χ2n) is 3.75. The van der Waals surface area contributed by atoms with E-state index in [2.05, 4.69) is 18.7 Å². The van der Waals surface area contributed by atoms with Crippen molar-refractivity contribution >= 4 is 6.08 Å². The number of hydrogen-bond acceptors (Lipinski definition) is 1. The van der Waals surface area contributed by atoms with Gasteiger partial charge in [-0.05, 0) is 35.2 Å². The van der Waals surface area contributed by atoms with Crippen LogP contribution in [0, 0.1) is 0 Å². The van der Waals surface area contributed by atoms with E-state index in [0.29, 0.717) is 5.75 Å². The molecule has 0 saturated heterocycles. The van der Waals surface area contributed by atoms with Crippen LogP contribution in [0.3, 0.4) is 0 Å². The highest BCUT2D eigenvalue weighted by molar-refractivity contribution is 5.55. The standard InChI is InChI=1S/C15H14O/c1-2-13-8-9-15(16)11-14(13)10-12-6-4-3-5-7-12/h2-9,11,16H,1,10H2. The molecule has 2 rings (SSSR count). The van der Waals surface area contributed by atoms with Crippen LogP contribution < -0.4 is 0 Å². The van der Waals surface area contributed by atoms with E-state index in [-0.39, 0.29) is 0 Å². The quantitative estimate of drug-likeness (QED) is 0.820. The minimum absolute atomic E-state index is 0.302. The van der Waals surface area contributed by atoms with Gasteiger partial charge in [-0.15, -0.1) is 0 Å². The second-order valence-corrected chi connectivity index (χ2v) is 3.75. The van der Waals surface area contributed by atoms with Gasteiger partial charge < -0.3 is 5.11 Å². The lowest BCUT2D eigenvalue weighted by Crippen LogP contribution is -1.91. The first-order valence-electron chi connectivity index (χ1n) is 5.28. The van der Waals surface area contributed by atoms with Crippen LogP contribution in [-0.2, 0) is 6.42 Å². The second kappa shape index (κ2) is 4.67. The largest absolute Gasteiger partial charge is 0.508 e. The highest BCUT2D eigenvalue weighted by atomic mass is 16.3. The van der Waals surface area contributed by atoms with Gasteiger partial charge in [-0.25, -0.2) is 0 Å². The maximum Gasteiger partial charge on any atom is 0.115 e. The molecule has 0 atom stereocenters. The van der Waals surface area contributed by atoms with Crippen LogP contribution in [0.2, 0.25) is 0 Å². The highest BCUT2D eigenvalue weighted by Gasteiger charge is 2.02. The third-order valence-corrected chi connectivity index (χ3v) is 2.58. The zero-order valence-corrected chi connectivity index (χ0v) is 9.06. The molecule has 0 saturated carbocycles. The Hall–Kier alpha value is -2.02. The minimum Gasteiger partial charge on any atom is -0.508 e. The first kappa shape index (κ1) is 10.5. The Labute approximate surface area is 95.7 Å². The van der Waals surface area contributed by atoms with Gasteiger partial charge in [-0.1, -0.05) is 49.1 Å². The van der Waals surface area contributed by atoms with Crippen LogP contribution in [-0.4, -0.2) is 5.11 Å². The zero-order valence-electron chi connectivity index (χ0n) is 9.06. The van der Waals surface area contributed by atoms with Gasteiger partial charge in [0.1, 0.15) is 5.75 Å². The van der Waals surface area contributed by atoms with Crippen molar-refractivity contribution in [3.8, 4) is 5.75 Å². The smallest absolute Gasteiger partial charge is 0.115 e. The predicted octanol–water partition coefficient (Wildman–Crippen LogP) is 3.63. The lowest BCUT2D eigenvalue weighted by Gasteiger charge is -2.06. The third kappa shape index (κ3) is 2.31. The number of benzene rings is 2. The number of hydrogen-bond donors (Lipinski definition) is 1. The van der Waals surface area contributed by atoms with Crippen molar-refractivity contribution in [1.29, 1.82) is 0 Å². The molecule has 0 aromatic heterocycles. The summed E-state index contributed by atoms with van der Waals surface area (Å²) in [5, 5.41) is 9.48. The molecule has 0 aliphatic carbocycles. The average Bonchev–Trinajstić information content (AvgIpc) is 2.31. The van der Waals surface area contributed by atoms with Gasteiger partial charge in [-0.2, -0.15) is 0 Å². The molecule has 1 heteroatoms. The van der Waals surface area contributed by atoms with Gasteiger partial charge in [0.25, 0.3) is 0 Å². The highest BCUT2D eigenvalue weighted by Crippen LogP contribution is 2.20. The summed E-state index contributed by atoms with van der Waals surface area (Å²) >= 11 is 0. The molecular weight excluding hydrogens is 196 g/mol. The molecule has 2 aromatic carbocycles. The fourth-order valence-electron chi connectivity index (χ4n) is 1.76. The fraction of sp³-hybridized carbons (Fsp3) is 0.0667. The molecule has 0 fully saturated rings. The predicted molar refractivity (Wildman–Crippen MR) is 67.4 cm³/mol. The van der Waals surface area contributed by atoms with E-state index in [1.165, 1.54) is 5.56 Å². The first-order chi connectivity index (χ1) is 7.79. The van der Waals surface area contributed by atoms with Crippen LogP contribution in [0.5, 0.6) is 5.75 Å². The van der Waals surface area contributed by atoms with Crippen LogP contribution >= 0.6 is 0 Å². The van der Waals surface area contributed by atoms with Gasteiger partial charge in [0.15, 0.2) is 0 Å². The molecule has 0 bridgehead atoms. The number of phenolic OH excluding ortho intramolecular Hbond substituents is 1. The van der Waals surface area contributed by atoms with Crippen LogP contribution in [0.1, 0.15) is 16.7 Å². The Morgan fingerprint density at radius 1 is 1.06 bits per heavy atom. The Morgan fingerprint density at radius 3 is 2.50 bits per heavy atom. The monoisotopic (exact) mass is 210 g/mol. The van der Waals surface area contributed by atoms with E-state index >= 15 is 0 Å². The average molecular weight is 210 g/mol. The molecule has 0 radical (unpaired) electrons. The topological polar surface area (TPSA) is 20.2 Å². The summed E-state index contributed by atoms with van der Waals surface area (Å²) < 4.78 is 0. The molecule has 80 valence electrons. The Morgan fingerprint density at radius 2 is 1.81 bits per heavy atom. The van der Waals surface area contributed by atoms with Crippen LogP contribution in [0.4, 0.5) is 0 Å². The van der Waals surface area contributed by atoms with E-state index in [4.69, 9.17) is 0 Å². The van der Waals surface area contributed by atoms with Crippen LogP contribution in [0.25, 0.3) is 6.08 Å². The molecule has 1 N–H and O–H groups in total. The molecule has 0 heterocycles. The van der Waals surface area contributed by atoms with Crippen molar-refractivity contribution in [2.45, 2.75) is 6.42 Å². The third-order valence-electron chi connectivity index (χ3n) is 2.58. The van der Waals surface area contributed by atoms with Crippen molar-refractivity contribution in [3.63, 3.8) is 0 Å². The maximum atomic E-state index is 9.48. The molecule has 0 unspecified atom stereocenters. The summed E-state index contributed by atoms with van der Waals surface area (Å²) in [4.78, 5) is 0. The van der Waals surface area contributed by atoms with Gasteiger partial charge in [0, 0.05) is 0 Å². The lowest BCUT2D eigenvalue weighted by molar-refractivity contribution is 0.474. The molecule has 1 nitrogen and oxygen atoms in total. The molecular formula is C15H14O. The SMILES string of the molecule is C=Cc1ccc(O)cc1Cc1ccccc1. The Balaban J connectivity index is 2.33. The van der Waals surface area contributed by atoms with Gasteiger partial charge >= 0.3 is 0 Å². The van der Waals surface area contributed by atoms with Gasteiger partial charge in [0.2, 0.25) is 0 Å². The van der Waals surface area contributed by atoms with Crippen molar-refractivity contribution in [3.05, 3.63) is 71.8 Å². The van der Waals surface area contributed by atoms with E-state index in [9.17, 15) is 5.11 Å². The molecule has 16 heavy (non-hydrogen) atoms. The fourth-order valence-corrected chi connectivity index (χ4v) is 1.76. The summed E-state index contributed by atoms with van der Waals surface area (Å²) in [5.74, 6) is 0.302. The normalized spacial score (nSPS) is 10.0. The van der Waals surface area contributed by atoms with Crippen LogP contribution in [0.15, 0.2) is 55.1 Å². The van der Waals surface area contributed by atoms with E-state index in [1.54, 1.807) is 12.1 Å². The summed E-state index contributed by atoms with van der Waals surface area (Å²) in [7, 11) is 0. The van der Waals surface area contributed by atoms with E-state index in [1.807, 2.05) is 30.3 Å². The van der Waals surface area contributed by atoms with Gasteiger partial charge in [0.05, 0.1) is 0 Å². The van der Waals surface area contributed by atoms with E-state index in [0.717, 1.165) is 17.5 Å². The summed E-state index contributed by atoms with van der Waals surface area (Å²) in [6, 6.07) is 15.6. The molecule has 0 aliphatic heterocycles.